The normalized spacial score (nSPS) is 10.1. The molecule has 27 heavy (non-hydrogen) atoms. The molecule has 1 aromatic heterocycles. The number of anilines is 1. The Labute approximate surface area is 157 Å². The lowest BCUT2D eigenvalue weighted by Crippen LogP contribution is -2.16. The van der Waals surface area contributed by atoms with Crippen molar-refractivity contribution >= 4 is 5.82 Å². The summed E-state index contributed by atoms with van der Waals surface area (Å²) in [6.45, 7) is 0. The Bertz CT molecular complexity index is 1030. The van der Waals surface area contributed by atoms with Crippen molar-refractivity contribution < 1.29 is 19.2 Å². The molecule has 0 fully saturated rings. The van der Waals surface area contributed by atoms with Crippen LogP contribution in [-0.2, 0) is 0 Å². The number of ether oxygens (including phenoxy) is 3. The molecule has 0 amide bonds. The SMILES string of the molecule is COc1cccc(-c2cc(-c3ccc(OC)c(OC)c3)[nH+]c(N)c2C#N)c1. The summed E-state index contributed by atoms with van der Waals surface area (Å²) in [4.78, 5) is 3.10. The Morgan fingerprint density at radius 1 is 0.889 bits per heavy atom. The van der Waals surface area contributed by atoms with E-state index >= 15 is 0 Å². The Balaban J connectivity index is 2.19. The van der Waals surface area contributed by atoms with Crippen molar-refractivity contribution in [2.24, 2.45) is 0 Å². The summed E-state index contributed by atoms with van der Waals surface area (Å²) >= 11 is 0. The van der Waals surface area contributed by atoms with Crippen molar-refractivity contribution in [3.8, 4) is 45.7 Å². The number of aromatic amines is 1. The van der Waals surface area contributed by atoms with Crippen molar-refractivity contribution in [1.29, 1.82) is 5.26 Å². The fraction of sp³-hybridized carbons (Fsp3) is 0.143. The highest BCUT2D eigenvalue weighted by Gasteiger charge is 2.18. The third kappa shape index (κ3) is 3.48. The van der Waals surface area contributed by atoms with Gasteiger partial charge < -0.3 is 14.2 Å². The first kappa shape index (κ1) is 18.1. The lowest BCUT2D eigenvalue weighted by Gasteiger charge is -2.11. The Morgan fingerprint density at radius 3 is 2.33 bits per heavy atom. The van der Waals surface area contributed by atoms with Crippen LogP contribution in [0.2, 0.25) is 0 Å². The summed E-state index contributed by atoms with van der Waals surface area (Å²) in [7, 11) is 4.77. The van der Waals surface area contributed by atoms with Gasteiger partial charge in [-0.15, -0.1) is 0 Å². The maximum atomic E-state index is 9.58. The van der Waals surface area contributed by atoms with Gasteiger partial charge >= 0.3 is 0 Å². The Hall–Kier alpha value is -3.72. The molecule has 0 radical (unpaired) electrons. The van der Waals surface area contributed by atoms with E-state index in [0.717, 1.165) is 22.4 Å². The number of aromatic nitrogens is 1. The number of nitriles is 1. The zero-order valence-corrected chi connectivity index (χ0v) is 15.4. The van der Waals surface area contributed by atoms with E-state index in [1.165, 1.54) is 0 Å². The van der Waals surface area contributed by atoms with E-state index in [1.807, 2.05) is 48.5 Å². The molecule has 136 valence electrons. The van der Waals surface area contributed by atoms with Gasteiger partial charge in [-0.3, -0.25) is 5.73 Å². The van der Waals surface area contributed by atoms with Gasteiger partial charge in [-0.1, -0.05) is 12.1 Å². The van der Waals surface area contributed by atoms with Crippen molar-refractivity contribution in [2.45, 2.75) is 0 Å². The first-order valence-corrected chi connectivity index (χ1v) is 8.24. The molecule has 3 rings (SSSR count). The van der Waals surface area contributed by atoms with Crippen LogP contribution in [0.3, 0.4) is 0 Å². The van der Waals surface area contributed by atoms with Crippen LogP contribution in [-0.4, -0.2) is 21.3 Å². The predicted molar refractivity (Wildman–Crippen MR) is 103 cm³/mol. The van der Waals surface area contributed by atoms with Crippen molar-refractivity contribution in [2.75, 3.05) is 27.1 Å². The highest BCUT2D eigenvalue weighted by atomic mass is 16.5. The zero-order chi connectivity index (χ0) is 19.4. The van der Waals surface area contributed by atoms with Gasteiger partial charge in [-0.2, -0.15) is 5.26 Å². The van der Waals surface area contributed by atoms with Gasteiger partial charge in [-0.25, -0.2) is 4.98 Å². The number of methoxy groups -OCH3 is 3. The Kier molecular flexibility index (Phi) is 5.13. The van der Waals surface area contributed by atoms with Crippen molar-refractivity contribution in [3.63, 3.8) is 0 Å². The van der Waals surface area contributed by atoms with Gasteiger partial charge in [0.2, 0.25) is 0 Å². The highest BCUT2D eigenvalue weighted by molar-refractivity contribution is 5.78. The maximum Gasteiger partial charge on any atom is 0.289 e. The standard InChI is InChI=1S/C21H19N3O3/c1-25-15-6-4-5-13(9-15)16-11-18(24-21(23)17(16)12-22)14-7-8-19(26-2)20(10-14)27-3/h4-11H,1-3H3,(H2,23,24)/p+1. The molecule has 0 aliphatic rings. The number of nitrogens with zero attached hydrogens (tertiary/aromatic N) is 1. The number of nitrogen functional groups attached to an aromatic ring is 1. The molecular formula is C21H20N3O3+. The van der Waals surface area contributed by atoms with Gasteiger partial charge in [0.1, 0.15) is 23.1 Å². The lowest BCUT2D eigenvalue weighted by molar-refractivity contribution is -0.346. The summed E-state index contributed by atoms with van der Waals surface area (Å²) in [6.07, 6.45) is 0. The van der Waals surface area contributed by atoms with E-state index in [2.05, 4.69) is 11.1 Å². The molecule has 2 aromatic carbocycles. The second-order valence-electron chi connectivity index (χ2n) is 5.80. The number of hydrogen-bond acceptors (Lipinski definition) is 5. The molecule has 0 saturated carbocycles. The van der Waals surface area contributed by atoms with Crippen LogP contribution in [0.5, 0.6) is 17.2 Å². The minimum absolute atomic E-state index is 0.294. The summed E-state index contributed by atoms with van der Waals surface area (Å²) in [5.74, 6) is 2.24. The molecule has 0 aliphatic heterocycles. The second kappa shape index (κ2) is 7.67. The number of nitrogens with one attached hydrogen (secondary N) is 1. The molecule has 0 unspecified atom stereocenters. The minimum Gasteiger partial charge on any atom is -0.497 e. The average molecular weight is 362 g/mol. The molecule has 6 heteroatoms. The maximum absolute atomic E-state index is 9.58. The van der Waals surface area contributed by atoms with E-state index in [-0.39, 0.29) is 0 Å². The van der Waals surface area contributed by atoms with E-state index in [4.69, 9.17) is 19.9 Å². The van der Waals surface area contributed by atoms with Gasteiger partial charge in [0.05, 0.1) is 21.3 Å². The van der Waals surface area contributed by atoms with Gasteiger partial charge in [0.15, 0.2) is 11.5 Å². The minimum atomic E-state index is 0.294. The molecule has 0 saturated heterocycles. The van der Waals surface area contributed by atoms with Crippen LogP contribution in [0.1, 0.15) is 5.56 Å². The van der Waals surface area contributed by atoms with Gasteiger partial charge in [0.25, 0.3) is 5.82 Å². The molecule has 3 N–H and O–H groups in total. The lowest BCUT2D eigenvalue weighted by atomic mass is 9.98. The highest BCUT2D eigenvalue weighted by Crippen LogP contribution is 2.34. The number of H-pyrrole nitrogens is 1. The number of hydrogen-bond donors (Lipinski definition) is 1. The molecular weight excluding hydrogens is 342 g/mol. The fourth-order valence-corrected chi connectivity index (χ4v) is 2.90. The van der Waals surface area contributed by atoms with Gasteiger partial charge in [-0.05, 0) is 42.0 Å². The molecule has 0 aliphatic carbocycles. The number of pyridine rings is 1. The van der Waals surface area contributed by atoms with E-state index in [1.54, 1.807) is 21.3 Å². The first-order chi connectivity index (χ1) is 13.1. The molecule has 0 atom stereocenters. The van der Waals surface area contributed by atoms with Crippen LogP contribution in [0, 0.1) is 11.3 Å². The van der Waals surface area contributed by atoms with Crippen molar-refractivity contribution in [1.82, 2.24) is 0 Å². The van der Waals surface area contributed by atoms with E-state index < -0.39 is 0 Å². The fourth-order valence-electron chi connectivity index (χ4n) is 2.90. The Morgan fingerprint density at radius 2 is 1.67 bits per heavy atom. The van der Waals surface area contributed by atoms with Crippen LogP contribution >= 0.6 is 0 Å². The topological polar surface area (TPSA) is 91.6 Å². The van der Waals surface area contributed by atoms with E-state index in [0.29, 0.717) is 28.6 Å². The third-order valence-electron chi connectivity index (χ3n) is 4.28. The summed E-state index contributed by atoms with van der Waals surface area (Å²) in [5, 5.41) is 9.58. The second-order valence-corrected chi connectivity index (χ2v) is 5.80. The van der Waals surface area contributed by atoms with Crippen LogP contribution in [0.4, 0.5) is 5.82 Å². The zero-order valence-electron chi connectivity index (χ0n) is 15.4. The number of benzene rings is 2. The smallest absolute Gasteiger partial charge is 0.289 e. The van der Waals surface area contributed by atoms with Crippen LogP contribution in [0.25, 0.3) is 22.4 Å². The van der Waals surface area contributed by atoms with Gasteiger partial charge in [0, 0.05) is 11.1 Å². The van der Waals surface area contributed by atoms with E-state index in [9.17, 15) is 5.26 Å². The van der Waals surface area contributed by atoms with Crippen LogP contribution in [0.15, 0.2) is 48.5 Å². The number of nitrogens with two attached hydrogens (primary N) is 1. The molecule has 1 heterocycles. The summed E-state index contributed by atoms with van der Waals surface area (Å²) < 4.78 is 16.0. The van der Waals surface area contributed by atoms with Crippen molar-refractivity contribution in [3.05, 3.63) is 54.1 Å². The quantitative estimate of drug-likeness (QED) is 0.752. The largest absolute Gasteiger partial charge is 0.497 e. The molecule has 3 aromatic rings. The monoisotopic (exact) mass is 362 g/mol. The summed E-state index contributed by atoms with van der Waals surface area (Å²) in [6, 6.07) is 17.1. The van der Waals surface area contributed by atoms with Crippen LogP contribution < -0.4 is 24.9 Å². The predicted octanol–water partition coefficient (Wildman–Crippen LogP) is 3.31. The summed E-state index contributed by atoms with van der Waals surface area (Å²) in [5.41, 5.74) is 9.69. The number of rotatable bonds is 5. The molecule has 0 bridgehead atoms. The average Bonchev–Trinajstić information content (AvgIpc) is 2.72. The molecule has 0 spiro atoms. The molecule has 6 nitrogen and oxygen atoms in total. The third-order valence-corrected chi connectivity index (χ3v) is 4.28. The first-order valence-electron chi connectivity index (χ1n) is 8.24.